The van der Waals surface area contributed by atoms with Gasteiger partial charge in [0.2, 0.25) is 0 Å². The Kier molecular flexibility index (Phi) is 3.86. The first-order valence-corrected chi connectivity index (χ1v) is 7.57. The lowest BCUT2D eigenvalue weighted by Crippen LogP contribution is -2.08. The van der Waals surface area contributed by atoms with Gasteiger partial charge in [-0.25, -0.2) is 14.4 Å². The van der Waals surface area contributed by atoms with E-state index in [1.807, 2.05) is 6.92 Å². The van der Waals surface area contributed by atoms with Crippen molar-refractivity contribution >= 4 is 5.82 Å². The van der Waals surface area contributed by atoms with Gasteiger partial charge in [0.05, 0.1) is 5.69 Å². The number of nitrogens with one attached hydrogen (secondary N) is 1. The SMILES string of the molecule is CCCNc1nc(C2CC2)nc(-c2ccc(F)cc2)c1C. The number of hydrogen-bond donors (Lipinski definition) is 1. The third kappa shape index (κ3) is 3.04. The maximum atomic E-state index is 13.1. The molecule has 0 unspecified atom stereocenters. The van der Waals surface area contributed by atoms with Gasteiger partial charge >= 0.3 is 0 Å². The highest BCUT2D eigenvalue weighted by atomic mass is 19.1. The van der Waals surface area contributed by atoms with Crippen molar-refractivity contribution in [3.63, 3.8) is 0 Å². The second-order valence-electron chi connectivity index (χ2n) is 5.61. The fourth-order valence-corrected chi connectivity index (χ4v) is 2.36. The Balaban J connectivity index is 2.04. The zero-order chi connectivity index (χ0) is 14.8. The van der Waals surface area contributed by atoms with Crippen LogP contribution >= 0.6 is 0 Å². The molecule has 0 saturated heterocycles. The molecule has 0 atom stereocenters. The van der Waals surface area contributed by atoms with Crippen LogP contribution < -0.4 is 5.32 Å². The van der Waals surface area contributed by atoms with Gasteiger partial charge in [-0.15, -0.1) is 0 Å². The lowest BCUT2D eigenvalue weighted by atomic mass is 10.1. The highest BCUT2D eigenvalue weighted by molar-refractivity contribution is 5.68. The highest BCUT2D eigenvalue weighted by Gasteiger charge is 2.28. The summed E-state index contributed by atoms with van der Waals surface area (Å²) in [7, 11) is 0. The molecule has 1 aliphatic carbocycles. The van der Waals surface area contributed by atoms with E-state index in [-0.39, 0.29) is 5.82 Å². The average Bonchev–Trinajstić information content (AvgIpc) is 3.32. The van der Waals surface area contributed by atoms with Crippen LogP contribution in [0.5, 0.6) is 0 Å². The summed E-state index contributed by atoms with van der Waals surface area (Å²) in [6, 6.07) is 6.52. The molecule has 0 radical (unpaired) electrons. The summed E-state index contributed by atoms with van der Waals surface area (Å²) in [5.74, 6) is 2.09. The van der Waals surface area contributed by atoms with Crippen molar-refractivity contribution in [1.29, 1.82) is 0 Å². The van der Waals surface area contributed by atoms with Crippen LogP contribution in [-0.4, -0.2) is 16.5 Å². The number of anilines is 1. The molecular weight excluding hydrogens is 265 g/mol. The van der Waals surface area contributed by atoms with E-state index in [1.165, 1.54) is 25.0 Å². The predicted molar refractivity (Wildman–Crippen MR) is 82.9 cm³/mol. The molecule has 2 aromatic rings. The molecule has 0 bridgehead atoms. The van der Waals surface area contributed by atoms with Crippen molar-refractivity contribution in [3.05, 3.63) is 41.5 Å². The lowest BCUT2D eigenvalue weighted by molar-refractivity contribution is 0.628. The minimum atomic E-state index is -0.225. The van der Waals surface area contributed by atoms with E-state index in [2.05, 4.69) is 17.2 Å². The van der Waals surface area contributed by atoms with Crippen LogP contribution in [0, 0.1) is 12.7 Å². The Morgan fingerprint density at radius 1 is 1.19 bits per heavy atom. The predicted octanol–water partition coefficient (Wildman–Crippen LogP) is 4.29. The number of hydrogen-bond acceptors (Lipinski definition) is 3. The molecule has 3 nitrogen and oxygen atoms in total. The first-order valence-electron chi connectivity index (χ1n) is 7.57. The van der Waals surface area contributed by atoms with Crippen LogP contribution in [0.3, 0.4) is 0 Å². The van der Waals surface area contributed by atoms with Gasteiger partial charge in [0.1, 0.15) is 17.5 Å². The Morgan fingerprint density at radius 2 is 1.90 bits per heavy atom. The number of aromatic nitrogens is 2. The zero-order valence-electron chi connectivity index (χ0n) is 12.5. The molecule has 110 valence electrons. The van der Waals surface area contributed by atoms with Crippen LogP contribution in [0.15, 0.2) is 24.3 Å². The average molecular weight is 285 g/mol. The number of nitrogens with zero attached hydrogens (tertiary/aromatic N) is 2. The van der Waals surface area contributed by atoms with Gasteiger partial charge in [-0.05, 0) is 50.5 Å². The number of benzene rings is 1. The van der Waals surface area contributed by atoms with Crippen molar-refractivity contribution in [2.45, 2.75) is 39.0 Å². The molecule has 1 fully saturated rings. The first-order chi connectivity index (χ1) is 10.2. The fraction of sp³-hybridized carbons (Fsp3) is 0.412. The lowest BCUT2D eigenvalue weighted by Gasteiger charge is -2.14. The topological polar surface area (TPSA) is 37.8 Å². The Bertz CT molecular complexity index is 633. The van der Waals surface area contributed by atoms with E-state index in [1.54, 1.807) is 12.1 Å². The van der Waals surface area contributed by atoms with E-state index < -0.39 is 0 Å². The van der Waals surface area contributed by atoms with Crippen LogP contribution in [0.25, 0.3) is 11.3 Å². The van der Waals surface area contributed by atoms with Crippen molar-refractivity contribution in [2.75, 3.05) is 11.9 Å². The van der Waals surface area contributed by atoms with Gasteiger partial charge in [0.25, 0.3) is 0 Å². The Hall–Kier alpha value is -1.97. The summed E-state index contributed by atoms with van der Waals surface area (Å²) in [4.78, 5) is 9.41. The van der Waals surface area contributed by atoms with Gasteiger partial charge in [0.15, 0.2) is 0 Å². The third-order valence-corrected chi connectivity index (χ3v) is 3.77. The Labute approximate surface area is 124 Å². The smallest absolute Gasteiger partial charge is 0.134 e. The quantitative estimate of drug-likeness (QED) is 0.890. The molecule has 21 heavy (non-hydrogen) atoms. The molecule has 1 aromatic heterocycles. The maximum absolute atomic E-state index is 13.1. The summed E-state index contributed by atoms with van der Waals surface area (Å²) < 4.78 is 13.1. The molecular formula is C17H20FN3. The minimum Gasteiger partial charge on any atom is -0.370 e. The van der Waals surface area contributed by atoms with E-state index in [4.69, 9.17) is 4.98 Å². The van der Waals surface area contributed by atoms with Crippen LogP contribution in [-0.2, 0) is 0 Å². The molecule has 1 N–H and O–H groups in total. The van der Waals surface area contributed by atoms with Gasteiger partial charge in [-0.2, -0.15) is 0 Å². The molecule has 1 aliphatic rings. The maximum Gasteiger partial charge on any atom is 0.134 e. The largest absolute Gasteiger partial charge is 0.370 e. The molecule has 3 rings (SSSR count). The summed E-state index contributed by atoms with van der Waals surface area (Å²) >= 11 is 0. The van der Waals surface area contributed by atoms with E-state index in [0.29, 0.717) is 5.92 Å². The van der Waals surface area contributed by atoms with Crippen LogP contribution in [0.2, 0.25) is 0 Å². The van der Waals surface area contributed by atoms with E-state index in [9.17, 15) is 4.39 Å². The minimum absolute atomic E-state index is 0.225. The summed E-state index contributed by atoms with van der Waals surface area (Å²) in [6.07, 6.45) is 3.38. The summed E-state index contributed by atoms with van der Waals surface area (Å²) in [5.41, 5.74) is 2.88. The monoisotopic (exact) mass is 285 g/mol. The second-order valence-corrected chi connectivity index (χ2v) is 5.61. The molecule has 0 spiro atoms. The zero-order valence-corrected chi connectivity index (χ0v) is 12.5. The standard InChI is InChI=1S/C17H20FN3/c1-3-10-19-16-11(2)15(12-6-8-14(18)9-7-12)20-17(21-16)13-4-5-13/h6-9,13H,3-5,10H2,1-2H3,(H,19,20,21). The summed E-state index contributed by atoms with van der Waals surface area (Å²) in [6.45, 7) is 5.05. The van der Waals surface area contributed by atoms with Crippen molar-refractivity contribution in [1.82, 2.24) is 9.97 Å². The first kappa shape index (κ1) is 14.0. The van der Waals surface area contributed by atoms with Gasteiger partial charge < -0.3 is 5.32 Å². The fourth-order valence-electron chi connectivity index (χ4n) is 2.36. The van der Waals surface area contributed by atoms with Crippen LogP contribution in [0.4, 0.5) is 10.2 Å². The molecule has 0 amide bonds. The van der Waals surface area contributed by atoms with Crippen molar-refractivity contribution < 1.29 is 4.39 Å². The molecule has 1 saturated carbocycles. The molecule has 1 aromatic carbocycles. The number of rotatable bonds is 5. The molecule has 0 aliphatic heterocycles. The van der Waals surface area contributed by atoms with E-state index in [0.717, 1.165) is 41.4 Å². The van der Waals surface area contributed by atoms with E-state index >= 15 is 0 Å². The second kappa shape index (κ2) is 5.80. The van der Waals surface area contributed by atoms with Crippen LogP contribution in [0.1, 0.15) is 43.5 Å². The third-order valence-electron chi connectivity index (χ3n) is 3.77. The van der Waals surface area contributed by atoms with Gasteiger partial charge in [-0.3, -0.25) is 0 Å². The van der Waals surface area contributed by atoms with Crippen molar-refractivity contribution in [2.24, 2.45) is 0 Å². The number of halogens is 1. The molecule has 4 heteroatoms. The van der Waals surface area contributed by atoms with Gasteiger partial charge in [0, 0.05) is 23.6 Å². The summed E-state index contributed by atoms with van der Waals surface area (Å²) in [5, 5.41) is 3.38. The highest BCUT2D eigenvalue weighted by Crippen LogP contribution is 2.40. The van der Waals surface area contributed by atoms with Crippen molar-refractivity contribution in [3.8, 4) is 11.3 Å². The normalized spacial score (nSPS) is 14.2. The Morgan fingerprint density at radius 3 is 2.52 bits per heavy atom. The molecule has 1 heterocycles. The van der Waals surface area contributed by atoms with Gasteiger partial charge in [-0.1, -0.05) is 6.92 Å².